The Morgan fingerprint density at radius 3 is 2.48 bits per heavy atom. The van der Waals surface area contributed by atoms with Gasteiger partial charge in [-0.25, -0.2) is 8.78 Å². The third-order valence-corrected chi connectivity index (χ3v) is 6.81. The molecule has 2 aromatic carbocycles. The zero-order valence-corrected chi connectivity index (χ0v) is 19.9. The molecule has 0 N–H and O–H groups in total. The molecule has 1 saturated heterocycles. The zero-order valence-electron chi connectivity index (χ0n) is 19.9. The van der Waals surface area contributed by atoms with E-state index in [1.54, 1.807) is 12.0 Å². The molecule has 1 unspecified atom stereocenters. The maximum atomic E-state index is 14.5. The highest BCUT2D eigenvalue weighted by molar-refractivity contribution is 6.08. The van der Waals surface area contributed by atoms with E-state index in [1.165, 1.54) is 6.07 Å². The molecule has 2 aliphatic rings. The third-order valence-electron chi connectivity index (χ3n) is 6.81. The van der Waals surface area contributed by atoms with Gasteiger partial charge in [-0.2, -0.15) is 0 Å². The van der Waals surface area contributed by atoms with Crippen LogP contribution in [-0.2, 0) is 5.41 Å². The van der Waals surface area contributed by atoms with Gasteiger partial charge in [0.25, 0.3) is 5.91 Å². The summed E-state index contributed by atoms with van der Waals surface area (Å²) in [5.74, 6) is -1.52. The summed E-state index contributed by atoms with van der Waals surface area (Å²) in [6, 6.07) is 7.46. The molecule has 1 spiro atoms. The summed E-state index contributed by atoms with van der Waals surface area (Å²) in [6.07, 6.45) is 3.95. The summed E-state index contributed by atoms with van der Waals surface area (Å²) in [4.78, 5) is 17.5. The molecule has 33 heavy (non-hydrogen) atoms. The van der Waals surface area contributed by atoms with Crippen LogP contribution in [0.4, 0.5) is 14.5 Å². The van der Waals surface area contributed by atoms with Gasteiger partial charge in [-0.05, 0) is 87.6 Å². The normalized spacial score (nSPS) is 20.1. The highest BCUT2D eigenvalue weighted by atomic mass is 19.1. The molecule has 0 aliphatic carbocycles. The van der Waals surface area contributed by atoms with Crippen LogP contribution in [-0.4, -0.2) is 44.1 Å². The Morgan fingerprint density at radius 1 is 1.15 bits per heavy atom. The predicted octanol–water partition coefficient (Wildman–Crippen LogP) is 5.88. The minimum absolute atomic E-state index is 0.242. The second-order valence-corrected chi connectivity index (χ2v) is 8.80. The van der Waals surface area contributed by atoms with Crippen molar-refractivity contribution in [2.45, 2.75) is 44.9 Å². The fourth-order valence-corrected chi connectivity index (χ4v) is 5.32. The molecule has 0 aromatic heterocycles. The number of anilines is 1. The van der Waals surface area contributed by atoms with Crippen molar-refractivity contribution in [3.8, 4) is 5.75 Å². The van der Waals surface area contributed by atoms with Crippen LogP contribution in [0.2, 0.25) is 0 Å². The maximum absolute atomic E-state index is 14.5. The number of rotatable bonds is 4. The second kappa shape index (κ2) is 10.5. The van der Waals surface area contributed by atoms with E-state index < -0.39 is 23.1 Å². The molecule has 1 fully saturated rings. The Labute approximate surface area is 195 Å². The van der Waals surface area contributed by atoms with E-state index in [1.807, 2.05) is 19.1 Å². The average Bonchev–Trinajstić information content (AvgIpc) is 2.99. The van der Waals surface area contributed by atoms with Crippen LogP contribution in [0.1, 0.15) is 54.1 Å². The maximum Gasteiger partial charge on any atom is 0.264 e. The molecular formula is C27H34F2N2O2. The number of nitrogens with zero attached hydrogens (tertiary/aromatic N) is 2. The molecule has 6 heteroatoms. The van der Waals surface area contributed by atoms with Gasteiger partial charge in [-0.1, -0.05) is 13.0 Å². The van der Waals surface area contributed by atoms with Crippen molar-refractivity contribution in [3.05, 3.63) is 71.8 Å². The number of fused-ring (bicyclic) bond motifs is 2. The molecule has 2 aromatic rings. The van der Waals surface area contributed by atoms with E-state index in [-0.39, 0.29) is 5.41 Å². The topological polar surface area (TPSA) is 32.8 Å². The number of benzene rings is 2. The van der Waals surface area contributed by atoms with Crippen molar-refractivity contribution in [2.24, 2.45) is 0 Å². The lowest BCUT2D eigenvalue weighted by molar-refractivity contribution is 0.0975. The molecule has 2 aliphatic heterocycles. The minimum Gasteiger partial charge on any atom is -0.497 e. The van der Waals surface area contributed by atoms with Crippen molar-refractivity contribution in [1.82, 2.24) is 4.90 Å². The van der Waals surface area contributed by atoms with Gasteiger partial charge in [0.2, 0.25) is 0 Å². The lowest BCUT2D eigenvalue weighted by Crippen LogP contribution is -2.38. The van der Waals surface area contributed by atoms with Crippen LogP contribution >= 0.6 is 0 Å². The van der Waals surface area contributed by atoms with Crippen molar-refractivity contribution < 1.29 is 18.3 Å². The molecule has 1 atom stereocenters. The Morgan fingerprint density at radius 2 is 1.85 bits per heavy atom. The van der Waals surface area contributed by atoms with Gasteiger partial charge in [0.05, 0.1) is 12.8 Å². The van der Waals surface area contributed by atoms with Crippen LogP contribution in [0.25, 0.3) is 0 Å². The van der Waals surface area contributed by atoms with Gasteiger partial charge < -0.3 is 14.5 Å². The number of aryl methyl sites for hydroxylation is 1. The first-order valence-corrected chi connectivity index (χ1v) is 11.6. The van der Waals surface area contributed by atoms with Crippen molar-refractivity contribution in [3.63, 3.8) is 0 Å². The minimum atomic E-state index is -0.825. The van der Waals surface area contributed by atoms with E-state index in [0.29, 0.717) is 6.54 Å². The number of methoxy groups -OCH3 is 1. The van der Waals surface area contributed by atoms with Crippen LogP contribution in [0.15, 0.2) is 43.5 Å². The molecule has 2 heterocycles. The van der Waals surface area contributed by atoms with Gasteiger partial charge in [0.1, 0.15) is 22.9 Å². The zero-order chi connectivity index (χ0) is 24.2. The summed E-state index contributed by atoms with van der Waals surface area (Å²) in [5.41, 5.74) is 1.99. The summed E-state index contributed by atoms with van der Waals surface area (Å²) < 4.78 is 34.5. The van der Waals surface area contributed by atoms with Crippen LogP contribution in [0, 0.1) is 18.6 Å². The van der Waals surface area contributed by atoms with Gasteiger partial charge in [-0.3, -0.25) is 4.79 Å². The number of carbonyl (C=O) groups excluding carboxylic acids is 1. The summed E-state index contributed by atoms with van der Waals surface area (Å²) in [7, 11) is 1.64. The van der Waals surface area contributed by atoms with E-state index in [2.05, 4.69) is 25.0 Å². The number of amides is 1. The Bertz CT molecular complexity index is 990. The van der Waals surface area contributed by atoms with Gasteiger partial charge >= 0.3 is 0 Å². The molecule has 4 nitrogen and oxygen atoms in total. The Balaban J connectivity index is 0.00000149. The summed E-state index contributed by atoms with van der Waals surface area (Å²) in [5, 5.41) is 0. The fourth-order valence-electron chi connectivity index (χ4n) is 5.32. The summed E-state index contributed by atoms with van der Waals surface area (Å²) >= 11 is 0. The lowest BCUT2D eigenvalue weighted by atomic mass is 9.76. The molecule has 178 valence electrons. The Hall–Kier alpha value is -2.73. The largest absolute Gasteiger partial charge is 0.497 e. The van der Waals surface area contributed by atoms with Crippen LogP contribution in [0.3, 0.4) is 0 Å². The van der Waals surface area contributed by atoms with Crippen LogP contribution in [0.5, 0.6) is 5.75 Å². The molecule has 1 amide bonds. The number of hydrogen-bond donors (Lipinski definition) is 0. The number of carbonyl (C=O) groups is 1. The van der Waals surface area contributed by atoms with Gasteiger partial charge in [-0.15, -0.1) is 13.2 Å². The summed E-state index contributed by atoms with van der Waals surface area (Å²) in [6.45, 7) is 13.6. The molecule has 0 bridgehead atoms. The first-order chi connectivity index (χ1) is 15.9. The molecule has 0 radical (unpaired) electrons. The number of likely N-dealkylation sites (tertiary alicyclic amines) is 1. The highest BCUT2D eigenvalue weighted by Gasteiger charge is 2.47. The second-order valence-electron chi connectivity index (χ2n) is 8.80. The van der Waals surface area contributed by atoms with Crippen molar-refractivity contribution in [1.29, 1.82) is 0 Å². The smallest absolute Gasteiger partial charge is 0.264 e. The SMILES string of the molecule is C=C.CCCN1CCCC2(CC1)CN(C(=O)c1c(F)cccc1F)c1c(C)cc(OC)cc12. The van der Waals surface area contributed by atoms with Crippen molar-refractivity contribution >= 4 is 11.6 Å². The first-order valence-electron chi connectivity index (χ1n) is 11.6. The van der Waals surface area contributed by atoms with E-state index in [9.17, 15) is 13.6 Å². The monoisotopic (exact) mass is 456 g/mol. The van der Waals surface area contributed by atoms with Crippen molar-refractivity contribution in [2.75, 3.05) is 38.2 Å². The Kier molecular flexibility index (Phi) is 7.90. The average molecular weight is 457 g/mol. The molecular weight excluding hydrogens is 422 g/mol. The predicted molar refractivity (Wildman–Crippen MR) is 129 cm³/mol. The van der Waals surface area contributed by atoms with E-state index >= 15 is 0 Å². The number of ether oxygens (including phenoxy) is 1. The van der Waals surface area contributed by atoms with E-state index in [4.69, 9.17) is 4.74 Å². The fraction of sp³-hybridized carbons (Fsp3) is 0.444. The highest BCUT2D eigenvalue weighted by Crippen LogP contribution is 2.50. The van der Waals surface area contributed by atoms with Crippen LogP contribution < -0.4 is 9.64 Å². The van der Waals surface area contributed by atoms with E-state index in [0.717, 1.165) is 80.0 Å². The number of hydrogen-bond acceptors (Lipinski definition) is 3. The standard InChI is InChI=1S/C25H30F2N2O2.C2H4/c1-4-11-28-12-6-9-25(10-13-28)16-29(23-17(2)14-18(31-3)15-19(23)25)24(30)22-20(26)7-5-8-21(22)27;1-2/h5,7-8,14-15H,4,6,9-13,16H2,1-3H3;1-2H2. The van der Waals surface area contributed by atoms with Gasteiger partial charge in [0, 0.05) is 12.0 Å². The molecule has 4 rings (SSSR count). The third kappa shape index (κ3) is 4.67. The molecule has 0 saturated carbocycles. The quantitative estimate of drug-likeness (QED) is 0.539. The number of halogens is 2. The lowest BCUT2D eigenvalue weighted by Gasteiger charge is -2.29. The first kappa shape index (κ1) is 24.9. The van der Waals surface area contributed by atoms with Gasteiger partial charge in [0.15, 0.2) is 0 Å².